The molecule has 2 rings (SSSR count). The molecule has 4 N–H and O–H groups in total. The van der Waals surface area contributed by atoms with Crippen LogP contribution in [0, 0.1) is 17.6 Å². The van der Waals surface area contributed by atoms with Gasteiger partial charge < -0.3 is 16.4 Å². The number of hydrogen-bond donors (Lipinski definition) is 3. The lowest BCUT2D eigenvalue weighted by Gasteiger charge is -2.14. The van der Waals surface area contributed by atoms with Gasteiger partial charge in [0.1, 0.15) is 11.6 Å². The van der Waals surface area contributed by atoms with E-state index in [0.717, 1.165) is 6.07 Å². The third-order valence-corrected chi connectivity index (χ3v) is 4.54. The van der Waals surface area contributed by atoms with Crippen LogP contribution in [0.15, 0.2) is 24.4 Å². The number of amides is 2. The fourth-order valence-corrected chi connectivity index (χ4v) is 2.90. The molecular weight excluding hydrogens is 398 g/mol. The smallest absolute Gasteiger partial charge is 0.245 e. The molecule has 0 aliphatic heterocycles. The molecule has 10 heteroatoms. The molecule has 2 amide bonds. The maximum Gasteiger partial charge on any atom is 0.245 e. The van der Waals surface area contributed by atoms with Crippen LogP contribution in [0.1, 0.15) is 24.3 Å². The molecule has 0 aliphatic rings. The number of nitrogens with two attached hydrogens (primary N) is 1. The predicted octanol–water partition coefficient (Wildman–Crippen LogP) is 2.47. The lowest BCUT2D eigenvalue weighted by Crippen LogP contribution is -2.46. The highest BCUT2D eigenvalue weighted by atomic mass is 35.5. The number of carbonyl (C=O) groups is 2. The Morgan fingerprint density at radius 3 is 2.63 bits per heavy atom. The number of anilines is 1. The van der Waals surface area contributed by atoms with Crippen molar-refractivity contribution in [1.29, 1.82) is 0 Å². The largest absolute Gasteiger partial charge is 0.346 e. The van der Waals surface area contributed by atoms with Gasteiger partial charge in [0.05, 0.1) is 12.6 Å². The molecule has 0 spiro atoms. The first-order valence-corrected chi connectivity index (χ1v) is 8.79. The number of halogens is 3. The van der Waals surface area contributed by atoms with Crippen molar-refractivity contribution in [2.45, 2.75) is 26.3 Å². The van der Waals surface area contributed by atoms with Crippen LogP contribution >= 0.6 is 23.7 Å². The molecule has 0 saturated heterocycles. The van der Waals surface area contributed by atoms with E-state index in [2.05, 4.69) is 15.6 Å². The summed E-state index contributed by atoms with van der Waals surface area (Å²) in [5.41, 5.74) is 6.02. The van der Waals surface area contributed by atoms with Gasteiger partial charge in [0, 0.05) is 23.6 Å². The van der Waals surface area contributed by atoms with Gasteiger partial charge >= 0.3 is 0 Å². The molecule has 0 aliphatic carbocycles. The van der Waals surface area contributed by atoms with E-state index in [-0.39, 0.29) is 31.3 Å². The van der Waals surface area contributed by atoms with E-state index in [1.54, 1.807) is 0 Å². The third-order valence-electron chi connectivity index (χ3n) is 3.62. The van der Waals surface area contributed by atoms with E-state index >= 15 is 0 Å². The van der Waals surface area contributed by atoms with Gasteiger partial charge in [-0.2, -0.15) is 0 Å². The molecule has 1 atom stereocenters. The number of thiazole rings is 1. The molecule has 0 fully saturated rings. The third kappa shape index (κ3) is 6.85. The number of benzene rings is 1. The van der Waals surface area contributed by atoms with Crippen molar-refractivity contribution >= 4 is 40.7 Å². The second kappa shape index (κ2) is 10.3. The van der Waals surface area contributed by atoms with Gasteiger partial charge in [0.15, 0.2) is 5.13 Å². The van der Waals surface area contributed by atoms with Crippen molar-refractivity contribution < 1.29 is 18.4 Å². The van der Waals surface area contributed by atoms with Crippen molar-refractivity contribution in [2.24, 2.45) is 11.7 Å². The monoisotopic (exact) mass is 418 g/mol. The molecule has 27 heavy (non-hydrogen) atoms. The van der Waals surface area contributed by atoms with E-state index < -0.39 is 29.5 Å². The predicted molar refractivity (Wildman–Crippen MR) is 103 cm³/mol. The van der Waals surface area contributed by atoms with Crippen LogP contribution in [0.4, 0.5) is 13.9 Å². The van der Waals surface area contributed by atoms with Crippen molar-refractivity contribution in [2.75, 3.05) is 11.9 Å². The first-order valence-electron chi connectivity index (χ1n) is 7.98. The number of rotatable bonds is 7. The number of hydrogen-bond acceptors (Lipinski definition) is 5. The molecule has 0 radical (unpaired) electrons. The van der Waals surface area contributed by atoms with Gasteiger partial charge in [0.25, 0.3) is 0 Å². The quantitative estimate of drug-likeness (QED) is 0.643. The Morgan fingerprint density at radius 2 is 2.00 bits per heavy atom. The zero-order valence-corrected chi connectivity index (χ0v) is 16.4. The minimum Gasteiger partial charge on any atom is -0.346 e. The van der Waals surface area contributed by atoms with E-state index in [1.807, 2.05) is 13.8 Å². The lowest BCUT2D eigenvalue weighted by atomic mass is 10.1. The highest BCUT2D eigenvalue weighted by molar-refractivity contribution is 7.15. The van der Waals surface area contributed by atoms with Crippen molar-refractivity contribution in [3.8, 4) is 0 Å². The maximum absolute atomic E-state index is 13.7. The Hall–Kier alpha value is -2.10. The average molecular weight is 419 g/mol. The van der Waals surface area contributed by atoms with E-state index in [4.69, 9.17) is 5.73 Å². The van der Waals surface area contributed by atoms with Gasteiger partial charge in [-0.25, -0.2) is 13.8 Å². The fraction of sp³-hybridized carbons (Fsp3) is 0.353. The molecule has 0 bridgehead atoms. The summed E-state index contributed by atoms with van der Waals surface area (Å²) < 4.78 is 26.6. The SMILES string of the molecule is CC(C)[C@H](N)C(=O)NCC(=O)Nc1ncc(Cc2ccc(F)cc2F)s1.Cl. The standard InChI is InChI=1S/C17H20F2N4O2S.ClH/c1-9(2)15(20)16(25)21-8-14(24)23-17-22-7-12(26-17)5-10-3-4-11(18)6-13(10)19;/h3-4,6-7,9,15H,5,8,20H2,1-2H3,(H,21,25)(H,22,23,24);1H/t15-;/m0./s1. The Bertz CT molecular complexity index is 801. The molecule has 0 unspecified atom stereocenters. The number of aromatic nitrogens is 1. The summed E-state index contributed by atoms with van der Waals surface area (Å²) in [6.07, 6.45) is 1.75. The highest BCUT2D eigenvalue weighted by Crippen LogP contribution is 2.22. The molecular formula is C17H21ClF2N4O2S. The Balaban J connectivity index is 0.00000364. The summed E-state index contributed by atoms with van der Waals surface area (Å²) in [6, 6.07) is 2.70. The van der Waals surface area contributed by atoms with Crippen LogP contribution in [0.2, 0.25) is 0 Å². The van der Waals surface area contributed by atoms with Crippen molar-refractivity contribution in [3.63, 3.8) is 0 Å². The van der Waals surface area contributed by atoms with Gasteiger partial charge in [-0.3, -0.25) is 9.59 Å². The van der Waals surface area contributed by atoms with E-state index in [0.29, 0.717) is 15.6 Å². The van der Waals surface area contributed by atoms with Crippen LogP contribution in [0.25, 0.3) is 0 Å². The fourth-order valence-electron chi connectivity index (χ4n) is 2.05. The van der Waals surface area contributed by atoms with Crippen LogP contribution in [0.3, 0.4) is 0 Å². The molecule has 0 saturated carbocycles. The van der Waals surface area contributed by atoms with Crippen molar-refractivity contribution in [1.82, 2.24) is 10.3 Å². The maximum atomic E-state index is 13.7. The lowest BCUT2D eigenvalue weighted by molar-refractivity contribution is -0.125. The van der Waals surface area contributed by atoms with Crippen LogP contribution in [0.5, 0.6) is 0 Å². The summed E-state index contributed by atoms with van der Waals surface area (Å²) in [4.78, 5) is 28.3. The highest BCUT2D eigenvalue weighted by Gasteiger charge is 2.18. The number of nitrogens with one attached hydrogen (secondary N) is 2. The number of carbonyl (C=O) groups excluding carboxylic acids is 2. The summed E-state index contributed by atoms with van der Waals surface area (Å²) in [7, 11) is 0. The molecule has 2 aromatic rings. The summed E-state index contributed by atoms with van der Waals surface area (Å²) in [5, 5.41) is 5.34. The molecule has 1 heterocycles. The first kappa shape index (κ1) is 22.9. The summed E-state index contributed by atoms with van der Waals surface area (Å²) >= 11 is 1.17. The Morgan fingerprint density at radius 1 is 1.30 bits per heavy atom. The molecule has 1 aromatic carbocycles. The average Bonchev–Trinajstić information content (AvgIpc) is 3.01. The second-order valence-corrected chi connectivity index (χ2v) is 7.20. The molecule has 1 aromatic heterocycles. The second-order valence-electron chi connectivity index (χ2n) is 6.08. The minimum absolute atomic E-state index is 0. The molecule has 148 valence electrons. The normalized spacial score (nSPS) is 11.6. The van der Waals surface area contributed by atoms with Crippen LogP contribution in [-0.2, 0) is 16.0 Å². The van der Waals surface area contributed by atoms with E-state index in [9.17, 15) is 18.4 Å². The topological polar surface area (TPSA) is 97.1 Å². The summed E-state index contributed by atoms with van der Waals surface area (Å²) in [5.74, 6) is -2.15. The van der Waals surface area contributed by atoms with Gasteiger partial charge in [-0.1, -0.05) is 19.9 Å². The zero-order chi connectivity index (χ0) is 19.3. The number of nitrogens with zero attached hydrogens (tertiary/aromatic N) is 1. The van der Waals surface area contributed by atoms with Crippen molar-refractivity contribution in [3.05, 3.63) is 46.5 Å². The zero-order valence-electron chi connectivity index (χ0n) is 14.8. The van der Waals surface area contributed by atoms with Gasteiger partial charge in [-0.05, 0) is 17.5 Å². The Kier molecular flexibility index (Phi) is 8.74. The molecule has 6 nitrogen and oxygen atoms in total. The summed E-state index contributed by atoms with van der Waals surface area (Å²) in [6.45, 7) is 3.40. The Labute approximate surface area is 166 Å². The van der Waals surface area contributed by atoms with Gasteiger partial charge in [0.2, 0.25) is 11.8 Å². The van der Waals surface area contributed by atoms with E-state index in [1.165, 1.54) is 29.7 Å². The van der Waals surface area contributed by atoms with Gasteiger partial charge in [-0.15, -0.1) is 23.7 Å². The first-order chi connectivity index (χ1) is 12.3. The van der Waals surface area contributed by atoms with Crippen LogP contribution in [-0.4, -0.2) is 29.4 Å². The minimum atomic E-state index is -0.681. The van der Waals surface area contributed by atoms with Crippen LogP contribution < -0.4 is 16.4 Å².